The monoisotopic (exact) mass is 594 g/mol. The third kappa shape index (κ3) is 6.89. The fraction of sp³-hybridized carbons (Fsp3) is 0.600. The van der Waals surface area contributed by atoms with Gasteiger partial charge in [-0.1, -0.05) is 22.7 Å². The van der Waals surface area contributed by atoms with Gasteiger partial charge in [-0.05, 0) is 37.0 Å². The normalized spacial score (nSPS) is 30.5. The van der Waals surface area contributed by atoms with Crippen LogP contribution in [0.4, 0.5) is 5.69 Å². The summed E-state index contributed by atoms with van der Waals surface area (Å²) in [6.45, 7) is 6.93. The molecule has 0 unspecified atom stereocenters. The van der Waals surface area contributed by atoms with Crippen LogP contribution in [0.15, 0.2) is 29.4 Å². The van der Waals surface area contributed by atoms with Crippen molar-refractivity contribution in [3.8, 4) is 0 Å². The Balaban J connectivity index is 0.000000277. The average Bonchev–Trinajstić information content (AvgIpc) is 2.84. The van der Waals surface area contributed by atoms with Crippen molar-refractivity contribution in [3.63, 3.8) is 0 Å². The summed E-state index contributed by atoms with van der Waals surface area (Å²) < 4.78 is 2.22. The Morgan fingerprint density at radius 2 is 1.48 bits per heavy atom. The van der Waals surface area contributed by atoms with Crippen LogP contribution in [0.2, 0.25) is 5.02 Å². The Hall–Kier alpha value is 1.67. The molecule has 1 saturated carbocycles. The van der Waals surface area contributed by atoms with E-state index in [9.17, 15) is 0 Å². The Kier molecular flexibility index (Phi) is 6.05. The van der Waals surface area contributed by atoms with Gasteiger partial charge in [-0.15, -0.1) is 0 Å². The molecule has 0 saturated heterocycles. The van der Waals surface area contributed by atoms with Crippen molar-refractivity contribution < 1.29 is 4.70 Å². The number of hydrogen-bond donors (Lipinski definition) is 0. The number of nitrogens with zero attached hydrogens (tertiary/aromatic N) is 2. The minimum absolute atomic E-state index is 0.0963. The topological polar surface area (TPSA) is 15.4 Å². The molecule has 3 rings (SSSR count). The van der Waals surface area contributed by atoms with Gasteiger partial charge in [0.25, 0.3) is 0 Å². The Morgan fingerprint density at radius 3 is 1.92 bits per heavy atom. The van der Waals surface area contributed by atoms with Gasteiger partial charge in [0.05, 0.1) is 5.92 Å². The second kappa shape index (κ2) is 6.59. The van der Waals surface area contributed by atoms with Gasteiger partial charge in [0.15, 0.2) is 5.54 Å². The first-order chi connectivity index (χ1) is 10.9. The molecular formula is C15H20Cl7N2Sb. The first-order valence-corrected chi connectivity index (χ1v) is 27.5. The van der Waals surface area contributed by atoms with Gasteiger partial charge in [0, 0.05) is 31.0 Å². The second-order valence-corrected chi connectivity index (χ2v) is 64.6. The predicted octanol–water partition coefficient (Wildman–Crippen LogP) is 8.54. The first kappa shape index (κ1) is 23.0. The first-order valence-electron chi connectivity index (χ1n) is 7.73. The molecule has 10 heteroatoms. The van der Waals surface area contributed by atoms with Gasteiger partial charge in [-0.3, -0.25) is 0 Å². The summed E-state index contributed by atoms with van der Waals surface area (Å²) in [5.41, 5.74) is 1.38. The quantitative estimate of drug-likeness (QED) is 0.228. The molecule has 0 radical (unpaired) electrons. The van der Waals surface area contributed by atoms with Crippen LogP contribution in [0.3, 0.4) is 0 Å². The molecule has 1 heterocycles. The molecule has 0 N–H and O–H groups in total. The fourth-order valence-corrected chi connectivity index (χ4v) is 3.99. The van der Waals surface area contributed by atoms with E-state index in [0.717, 1.165) is 10.7 Å². The minimum atomic E-state index is -5.42. The predicted molar refractivity (Wildman–Crippen MR) is 114 cm³/mol. The maximum absolute atomic E-state index is 5.96. The van der Waals surface area contributed by atoms with Crippen LogP contribution < -0.4 is 0 Å². The summed E-state index contributed by atoms with van der Waals surface area (Å²) in [7, 11) is 25.0. The van der Waals surface area contributed by atoms with E-state index in [1.807, 2.05) is 12.1 Å². The van der Waals surface area contributed by atoms with E-state index in [0.29, 0.717) is 5.92 Å². The number of azo groups is 2. The third-order valence-electron chi connectivity index (χ3n) is 4.72. The van der Waals surface area contributed by atoms with Gasteiger partial charge < -0.3 is 0 Å². The van der Waals surface area contributed by atoms with Gasteiger partial charge >= 0.3 is 62.1 Å². The van der Waals surface area contributed by atoms with Gasteiger partial charge in [-0.2, -0.15) is 0 Å². The van der Waals surface area contributed by atoms with E-state index in [4.69, 9.17) is 69.7 Å². The molecule has 25 heavy (non-hydrogen) atoms. The molecule has 0 aromatic heterocycles. The Bertz CT molecular complexity index is 683. The van der Waals surface area contributed by atoms with Gasteiger partial charge in [0.2, 0.25) is 5.69 Å². The molecule has 2 nitrogen and oxygen atoms in total. The summed E-state index contributed by atoms with van der Waals surface area (Å²) in [6, 6.07) is 8.02. The molecular weight excluding hydrogens is 578 g/mol. The van der Waals surface area contributed by atoms with Crippen molar-refractivity contribution >= 4 is 79.4 Å². The molecule has 2 atom stereocenters. The Morgan fingerprint density at radius 1 is 1.00 bits per heavy atom. The standard InChI is InChI=1S/C15H20ClN2.6ClH.Sb/c1-14(2)13-5-4-10-15(13,3)17-18(14)12-8-6-11(16)7-9-12;;;;;;;/h6-9,13H,4-5,10H2,1-3H3;6*1H;/q+1;;;;;;;+5/p-6/t13-,15-;;;;;;;/m0......./s1. The van der Waals surface area contributed by atoms with Crippen LogP contribution in [-0.4, -0.2) is 24.9 Å². The summed E-state index contributed by atoms with van der Waals surface area (Å²) in [5.74, 6) is 0.653. The van der Waals surface area contributed by atoms with Crippen LogP contribution in [0, 0.1) is 5.92 Å². The molecule has 1 aromatic rings. The van der Waals surface area contributed by atoms with E-state index in [-0.39, 0.29) is 11.1 Å². The van der Waals surface area contributed by atoms with Crippen molar-refractivity contribution in [1.82, 2.24) is 0 Å². The average molecular weight is 598 g/mol. The zero-order valence-electron chi connectivity index (χ0n) is 14.0. The second-order valence-electron chi connectivity index (χ2n) is 7.30. The molecule has 0 spiro atoms. The van der Waals surface area contributed by atoms with Crippen LogP contribution in [0.5, 0.6) is 0 Å². The van der Waals surface area contributed by atoms with Gasteiger partial charge in [0.1, 0.15) is 5.54 Å². The van der Waals surface area contributed by atoms with E-state index >= 15 is 0 Å². The molecule has 0 bridgehead atoms. The van der Waals surface area contributed by atoms with E-state index in [1.54, 1.807) is 0 Å². The molecule has 0 amide bonds. The van der Waals surface area contributed by atoms with Crippen LogP contribution >= 0.6 is 64.6 Å². The zero-order valence-corrected chi connectivity index (χ0v) is 21.8. The van der Waals surface area contributed by atoms with Crippen molar-refractivity contribution in [2.45, 2.75) is 51.1 Å². The molecule has 1 aliphatic carbocycles. The SMILES string of the molecule is CC1(C)[C@@H]2CCC[C@]2(C)N=[N+]1c1ccc(Cl)cc1.[Cl][Sb-]([Cl])([Cl])([Cl])([Cl])[Cl]. The number of rotatable bonds is 1. The molecule has 1 aromatic carbocycles. The maximum atomic E-state index is 5.96. The van der Waals surface area contributed by atoms with E-state index in [2.05, 4.69) is 37.6 Å². The summed E-state index contributed by atoms with van der Waals surface area (Å²) in [4.78, 5) is 0. The number of fused-ring (bicyclic) bond motifs is 1. The summed E-state index contributed by atoms with van der Waals surface area (Å²) >= 11 is 5.96. The third-order valence-corrected chi connectivity index (χ3v) is 4.98. The Labute approximate surface area is 173 Å². The van der Waals surface area contributed by atoms with Crippen LogP contribution in [-0.2, 0) is 0 Å². The number of halogens is 7. The number of hydrogen-bond acceptors (Lipinski definition) is 1. The van der Waals surface area contributed by atoms with Crippen LogP contribution in [0.1, 0.15) is 40.0 Å². The number of benzene rings is 1. The van der Waals surface area contributed by atoms with Crippen molar-refractivity contribution in [1.29, 1.82) is 0 Å². The molecule has 2 aliphatic rings. The summed E-state index contributed by atoms with van der Waals surface area (Å²) in [6.07, 6.45) is 3.81. The van der Waals surface area contributed by atoms with E-state index < -0.39 is 9.14 Å². The van der Waals surface area contributed by atoms with Crippen molar-refractivity contribution in [2.24, 2.45) is 11.0 Å². The molecule has 1 aliphatic heterocycles. The summed E-state index contributed by atoms with van der Waals surface area (Å²) in [5, 5.41) is 5.80. The van der Waals surface area contributed by atoms with Crippen molar-refractivity contribution in [3.05, 3.63) is 29.3 Å². The van der Waals surface area contributed by atoms with Gasteiger partial charge in [-0.25, -0.2) is 0 Å². The molecule has 144 valence electrons. The fourth-order valence-electron chi connectivity index (χ4n) is 3.86. The van der Waals surface area contributed by atoms with Crippen LogP contribution in [0.25, 0.3) is 0 Å². The zero-order chi connectivity index (χ0) is 19.4. The molecule has 1 fully saturated rings. The van der Waals surface area contributed by atoms with Crippen molar-refractivity contribution in [2.75, 3.05) is 0 Å². The van der Waals surface area contributed by atoms with E-state index in [1.165, 1.54) is 19.3 Å².